The second kappa shape index (κ2) is 12.7. The number of carbonyl (C=O) groups excluding carboxylic acids is 3. The average molecular weight is 508 g/mol. The second-order valence-corrected chi connectivity index (χ2v) is 9.12. The van der Waals surface area contributed by atoms with Crippen LogP contribution in [0.3, 0.4) is 0 Å². The molecule has 2 aromatic carbocycles. The molecule has 0 spiro atoms. The Hall–Kier alpha value is -3.92. The predicted molar refractivity (Wildman–Crippen MR) is 139 cm³/mol. The zero-order valence-corrected chi connectivity index (χ0v) is 21.2. The zero-order valence-electron chi connectivity index (χ0n) is 20.4. The lowest BCUT2D eigenvalue weighted by atomic mass is 10.2. The molecule has 1 aromatic heterocycles. The van der Waals surface area contributed by atoms with E-state index < -0.39 is 12.0 Å². The smallest absolute Gasteiger partial charge is 0.338 e. The van der Waals surface area contributed by atoms with Gasteiger partial charge in [-0.05, 0) is 51.1 Å². The van der Waals surface area contributed by atoms with Crippen LogP contribution in [-0.2, 0) is 16.1 Å². The van der Waals surface area contributed by atoms with Crippen molar-refractivity contribution in [2.45, 2.75) is 44.6 Å². The average Bonchev–Trinajstić information content (AvgIpc) is 3.26. The summed E-state index contributed by atoms with van der Waals surface area (Å²) < 4.78 is 7.01. The number of nitrogens with one attached hydrogen (secondary N) is 2. The van der Waals surface area contributed by atoms with Gasteiger partial charge in [-0.2, -0.15) is 0 Å². The van der Waals surface area contributed by atoms with Crippen LogP contribution < -0.4 is 10.6 Å². The predicted octanol–water partition coefficient (Wildman–Crippen LogP) is 4.25. The standard InChI is InChI=1S/C26H29N5O4S/c1-5-14-31-23(18(4)27-24(33)19-10-7-6-8-11-19)29-30-26(31)36-16-22(32)28-21-13-9-12-20(15-21)25(34)35-17(2)3/h5-13,15,17-18H,1,14,16H2,2-4H3,(H,27,33)(H,28,32)/t18-/m0/s1. The molecule has 0 unspecified atom stereocenters. The summed E-state index contributed by atoms with van der Waals surface area (Å²) in [7, 11) is 0. The molecule has 0 aliphatic heterocycles. The highest BCUT2D eigenvalue weighted by atomic mass is 32.2. The molecule has 1 heterocycles. The Morgan fingerprint density at radius 3 is 2.47 bits per heavy atom. The molecule has 10 heteroatoms. The van der Waals surface area contributed by atoms with Gasteiger partial charge in [-0.3, -0.25) is 9.59 Å². The largest absolute Gasteiger partial charge is 0.459 e. The lowest BCUT2D eigenvalue weighted by Gasteiger charge is -2.15. The minimum absolute atomic E-state index is 0.0701. The van der Waals surface area contributed by atoms with Crippen molar-refractivity contribution in [3.63, 3.8) is 0 Å². The van der Waals surface area contributed by atoms with E-state index in [1.165, 1.54) is 11.8 Å². The van der Waals surface area contributed by atoms with Crippen LogP contribution in [0.15, 0.2) is 72.4 Å². The van der Waals surface area contributed by atoms with Crippen molar-refractivity contribution >= 4 is 35.2 Å². The molecule has 36 heavy (non-hydrogen) atoms. The Morgan fingerprint density at radius 1 is 1.06 bits per heavy atom. The van der Waals surface area contributed by atoms with E-state index in [1.807, 2.05) is 17.6 Å². The highest BCUT2D eigenvalue weighted by molar-refractivity contribution is 7.99. The van der Waals surface area contributed by atoms with E-state index in [9.17, 15) is 14.4 Å². The van der Waals surface area contributed by atoms with Gasteiger partial charge in [0, 0.05) is 17.8 Å². The fourth-order valence-electron chi connectivity index (χ4n) is 3.30. The van der Waals surface area contributed by atoms with E-state index >= 15 is 0 Å². The minimum atomic E-state index is -0.450. The second-order valence-electron chi connectivity index (χ2n) is 8.17. The van der Waals surface area contributed by atoms with Crippen LogP contribution in [0.1, 0.15) is 53.4 Å². The molecule has 0 radical (unpaired) electrons. The molecule has 3 aromatic rings. The summed E-state index contributed by atoms with van der Waals surface area (Å²) in [6.45, 7) is 9.57. The van der Waals surface area contributed by atoms with Gasteiger partial charge in [0.25, 0.3) is 5.91 Å². The van der Waals surface area contributed by atoms with Gasteiger partial charge in [0.2, 0.25) is 5.91 Å². The van der Waals surface area contributed by atoms with Crippen molar-refractivity contribution in [2.24, 2.45) is 0 Å². The number of thioether (sulfide) groups is 1. The molecular formula is C26H29N5O4S. The fourth-order valence-corrected chi connectivity index (χ4v) is 4.05. The van der Waals surface area contributed by atoms with Gasteiger partial charge in [0.15, 0.2) is 11.0 Å². The van der Waals surface area contributed by atoms with Crippen LogP contribution in [0.5, 0.6) is 0 Å². The summed E-state index contributed by atoms with van der Waals surface area (Å²) in [6, 6.07) is 15.1. The summed E-state index contributed by atoms with van der Waals surface area (Å²) >= 11 is 1.21. The van der Waals surface area contributed by atoms with Crippen molar-refractivity contribution < 1.29 is 19.1 Å². The number of rotatable bonds is 11. The van der Waals surface area contributed by atoms with Gasteiger partial charge >= 0.3 is 5.97 Å². The molecule has 0 aliphatic rings. The molecule has 0 saturated heterocycles. The first kappa shape index (κ1) is 26.7. The number of benzene rings is 2. The summed E-state index contributed by atoms with van der Waals surface area (Å²) in [5.41, 5.74) is 1.40. The molecule has 9 nitrogen and oxygen atoms in total. The van der Waals surface area contributed by atoms with Crippen molar-refractivity contribution in [1.29, 1.82) is 0 Å². The van der Waals surface area contributed by atoms with Crippen LogP contribution in [0.4, 0.5) is 5.69 Å². The van der Waals surface area contributed by atoms with E-state index in [-0.39, 0.29) is 23.7 Å². The van der Waals surface area contributed by atoms with Crippen LogP contribution in [0.2, 0.25) is 0 Å². The Morgan fingerprint density at radius 2 is 1.78 bits per heavy atom. The third-order valence-electron chi connectivity index (χ3n) is 4.89. The van der Waals surface area contributed by atoms with E-state index in [2.05, 4.69) is 27.4 Å². The maximum Gasteiger partial charge on any atom is 0.338 e. The van der Waals surface area contributed by atoms with Crippen molar-refractivity contribution in [1.82, 2.24) is 20.1 Å². The number of aromatic nitrogens is 3. The van der Waals surface area contributed by atoms with Crippen LogP contribution in [0, 0.1) is 0 Å². The molecule has 2 amide bonds. The number of hydrogen-bond donors (Lipinski definition) is 2. The SMILES string of the molecule is C=CCn1c(SCC(=O)Nc2cccc(C(=O)OC(C)C)c2)nnc1[C@H](C)NC(=O)c1ccccc1. The number of allylic oxidation sites excluding steroid dienone is 1. The molecule has 2 N–H and O–H groups in total. The van der Waals surface area contributed by atoms with Crippen molar-refractivity contribution in [3.8, 4) is 0 Å². The van der Waals surface area contributed by atoms with Gasteiger partial charge in [-0.15, -0.1) is 16.8 Å². The van der Waals surface area contributed by atoms with Gasteiger partial charge in [-0.25, -0.2) is 4.79 Å². The van der Waals surface area contributed by atoms with E-state index in [4.69, 9.17) is 4.74 Å². The van der Waals surface area contributed by atoms with Gasteiger partial charge in [-0.1, -0.05) is 42.1 Å². The summed E-state index contributed by atoms with van der Waals surface area (Å²) in [4.78, 5) is 37.2. The number of anilines is 1. The molecule has 0 aliphatic carbocycles. The minimum Gasteiger partial charge on any atom is -0.459 e. The number of amides is 2. The summed E-state index contributed by atoms with van der Waals surface area (Å²) in [5.74, 6) is -0.313. The maximum absolute atomic E-state index is 12.6. The first-order chi connectivity index (χ1) is 17.3. The Labute approximate surface area is 214 Å². The number of carbonyl (C=O) groups is 3. The Bertz CT molecular complexity index is 1230. The molecule has 188 valence electrons. The van der Waals surface area contributed by atoms with E-state index in [0.717, 1.165) is 0 Å². The lowest BCUT2D eigenvalue weighted by molar-refractivity contribution is -0.113. The van der Waals surface area contributed by atoms with Crippen molar-refractivity contribution in [2.75, 3.05) is 11.1 Å². The first-order valence-electron chi connectivity index (χ1n) is 11.4. The zero-order chi connectivity index (χ0) is 26.1. The third-order valence-corrected chi connectivity index (χ3v) is 5.85. The monoisotopic (exact) mass is 507 g/mol. The fraction of sp³-hybridized carbons (Fsp3) is 0.269. The highest BCUT2D eigenvalue weighted by Gasteiger charge is 2.20. The number of ether oxygens (including phenoxy) is 1. The van der Waals surface area contributed by atoms with Gasteiger partial charge in [0.1, 0.15) is 0 Å². The van der Waals surface area contributed by atoms with Gasteiger partial charge < -0.3 is 19.9 Å². The topological polar surface area (TPSA) is 115 Å². The number of esters is 1. The highest BCUT2D eigenvalue weighted by Crippen LogP contribution is 2.22. The molecule has 0 bridgehead atoms. The summed E-state index contributed by atoms with van der Waals surface area (Å²) in [5, 5.41) is 14.7. The van der Waals surface area contributed by atoms with Crippen molar-refractivity contribution in [3.05, 3.63) is 84.2 Å². The number of nitrogens with zero attached hydrogens (tertiary/aromatic N) is 3. The van der Waals surface area contributed by atoms with E-state index in [0.29, 0.717) is 34.3 Å². The molecule has 1 atom stereocenters. The third kappa shape index (κ3) is 7.29. The van der Waals surface area contributed by atoms with Crippen LogP contribution in [0.25, 0.3) is 0 Å². The molecule has 0 saturated carbocycles. The Balaban J connectivity index is 1.63. The first-order valence-corrected chi connectivity index (χ1v) is 12.4. The molecular weight excluding hydrogens is 478 g/mol. The summed E-state index contributed by atoms with van der Waals surface area (Å²) in [6.07, 6.45) is 1.46. The maximum atomic E-state index is 12.6. The lowest BCUT2D eigenvalue weighted by Crippen LogP contribution is -2.28. The normalized spacial score (nSPS) is 11.6. The van der Waals surface area contributed by atoms with Crippen LogP contribution >= 0.6 is 11.8 Å². The van der Waals surface area contributed by atoms with Gasteiger partial charge in [0.05, 0.1) is 23.5 Å². The molecule has 3 rings (SSSR count). The Kier molecular flexibility index (Phi) is 9.40. The quantitative estimate of drug-likeness (QED) is 0.226. The van der Waals surface area contributed by atoms with Crippen LogP contribution in [-0.4, -0.2) is 44.4 Å². The van der Waals surface area contributed by atoms with E-state index in [1.54, 1.807) is 68.5 Å². The molecule has 0 fully saturated rings. The number of hydrogen-bond acceptors (Lipinski definition) is 7.